The number of urea groups is 1. The lowest BCUT2D eigenvalue weighted by atomic mass is 9.92. The van der Waals surface area contributed by atoms with Crippen LogP contribution in [0.1, 0.15) is 44.9 Å². The number of carbonyl (C=O) groups is 1. The lowest BCUT2D eigenvalue weighted by molar-refractivity contribution is 0.113. The fraction of sp³-hybridized carbons (Fsp3) is 0.733. The van der Waals surface area contributed by atoms with Crippen molar-refractivity contribution in [3.63, 3.8) is 0 Å². The van der Waals surface area contributed by atoms with Crippen molar-refractivity contribution in [3.05, 3.63) is 12.4 Å². The zero-order valence-corrected chi connectivity index (χ0v) is 12.5. The Morgan fingerprint density at radius 1 is 1.24 bits per heavy atom. The maximum atomic E-state index is 12.0. The van der Waals surface area contributed by atoms with Gasteiger partial charge in [0.15, 0.2) is 0 Å². The molecule has 1 aliphatic carbocycles. The van der Waals surface area contributed by atoms with Gasteiger partial charge in [-0.05, 0) is 32.2 Å². The average Bonchev–Trinajstić information content (AvgIpc) is 3.01. The van der Waals surface area contributed by atoms with Crippen LogP contribution in [0.4, 0.5) is 10.5 Å². The van der Waals surface area contributed by atoms with Gasteiger partial charge in [-0.2, -0.15) is 5.10 Å². The van der Waals surface area contributed by atoms with Crippen LogP contribution in [0.2, 0.25) is 0 Å². The first-order valence-electron chi connectivity index (χ1n) is 8.11. The zero-order valence-electron chi connectivity index (χ0n) is 12.5. The summed E-state index contributed by atoms with van der Waals surface area (Å²) in [7, 11) is 0. The van der Waals surface area contributed by atoms with Gasteiger partial charge in [0, 0.05) is 24.8 Å². The second-order valence-electron chi connectivity index (χ2n) is 6.21. The van der Waals surface area contributed by atoms with E-state index in [2.05, 4.69) is 25.7 Å². The van der Waals surface area contributed by atoms with E-state index in [1.54, 1.807) is 12.4 Å². The number of anilines is 1. The summed E-state index contributed by atoms with van der Waals surface area (Å²) in [4.78, 5) is 14.6. The van der Waals surface area contributed by atoms with E-state index in [9.17, 15) is 4.79 Å². The Kier molecular flexibility index (Phi) is 4.75. The Hall–Kier alpha value is -1.56. The van der Waals surface area contributed by atoms with E-state index in [-0.39, 0.29) is 12.1 Å². The van der Waals surface area contributed by atoms with Crippen LogP contribution in [-0.4, -0.2) is 46.3 Å². The molecule has 0 spiro atoms. The third-order valence-electron chi connectivity index (χ3n) is 4.64. The molecule has 6 nitrogen and oxygen atoms in total. The molecule has 1 aliphatic heterocycles. The van der Waals surface area contributed by atoms with Crippen LogP contribution in [-0.2, 0) is 0 Å². The molecule has 0 bridgehead atoms. The molecule has 1 aromatic rings. The molecule has 6 heteroatoms. The fourth-order valence-corrected chi connectivity index (χ4v) is 3.57. The Balaban J connectivity index is 1.47. The molecule has 1 saturated heterocycles. The van der Waals surface area contributed by atoms with Gasteiger partial charge in [0.1, 0.15) is 0 Å². The number of aromatic amines is 1. The molecular formula is C15H25N5O. The molecule has 116 valence electrons. The summed E-state index contributed by atoms with van der Waals surface area (Å²) in [5, 5.41) is 12.4. The number of aromatic nitrogens is 2. The second-order valence-corrected chi connectivity index (χ2v) is 6.21. The van der Waals surface area contributed by atoms with Gasteiger partial charge < -0.3 is 10.6 Å². The van der Waals surface area contributed by atoms with E-state index >= 15 is 0 Å². The molecule has 1 unspecified atom stereocenters. The molecule has 1 atom stereocenters. The average molecular weight is 291 g/mol. The summed E-state index contributed by atoms with van der Waals surface area (Å²) in [6, 6.07) is 0.861. The van der Waals surface area contributed by atoms with Crippen LogP contribution >= 0.6 is 0 Å². The monoisotopic (exact) mass is 291 g/mol. The summed E-state index contributed by atoms with van der Waals surface area (Å²) in [6.45, 7) is 2.18. The minimum absolute atomic E-state index is 0.133. The van der Waals surface area contributed by atoms with Crippen LogP contribution in [0, 0.1) is 0 Å². The Morgan fingerprint density at radius 2 is 2.10 bits per heavy atom. The van der Waals surface area contributed by atoms with Crippen molar-refractivity contribution in [2.75, 3.05) is 18.4 Å². The Labute approximate surface area is 125 Å². The first-order chi connectivity index (χ1) is 10.3. The van der Waals surface area contributed by atoms with Gasteiger partial charge in [0.2, 0.25) is 0 Å². The molecular weight excluding hydrogens is 266 g/mol. The normalized spacial score (nSPS) is 24.7. The van der Waals surface area contributed by atoms with Gasteiger partial charge in [0.05, 0.1) is 11.9 Å². The molecule has 0 radical (unpaired) electrons. The summed E-state index contributed by atoms with van der Waals surface area (Å²) >= 11 is 0. The molecule has 2 amide bonds. The maximum absolute atomic E-state index is 12.0. The van der Waals surface area contributed by atoms with Crippen molar-refractivity contribution in [2.45, 2.75) is 57.0 Å². The molecule has 3 rings (SSSR count). The predicted molar refractivity (Wildman–Crippen MR) is 82.2 cm³/mol. The van der Waals surface area contributed by atoms with Crippen LogP contribution in [0.5, 0.6) is 0 Å². The minimum Gasteiger partial charge on any atom is -0.334 e. The Morgan fingerprint density at radius 3 is 2.86 bits per heavy atom. The lowest BCUT2D eigenvalue weighted by Crippen LogP contribution is -2.52. The van der Waals surface area contributed by atoms with E-state index in [0.717, 1.165) is 19.0 Å². The van der Waals surface area contributed by atoms with E-state index in [1.165, 1.54) is 45.1 Å². The molecule has 2 aliphatic rings. The van der Waals surface area contributed by atoms with Crippen LogP contribution in [0.25, 0.3) is 0 Å². The smallest absolute Gasteiger partial charge is 0.319 e. The van der Waals surface area contributed by atoms with Gasteiger partial charge in [0.25, 0.3) is 0 Å². The highest BCUT2D eigenvalue weighted by molar-refractivity contribution is 5.89. The highest BCUT2D eigenvalue weighted by Crippen LogP contribution is 2.25. The van der Waals surface area contributed by atoms with Crippen LogP contribution in [0.15, 0.2) is 12.4 Å². The standard InChI is InChI=1S/C15H25N5O/c21-15(19-13-9-16-17-10-13)18-12-5-4-8-20(11-12)14-6-2-1-3-7-14/h9-10,12,14H,1-8,11H2,(H,16,17)(H2,18,19,21). The topological polar surface area (TPSA) is 73.0 Å². The number of likely N-dealkylation sites (tertiary alicyclic amines) is 1. The van der Waals surface area contributed by atoms with Gasteiger partial charge in [-0.1, -0.05) is 19.3 Å². The van der Waals surface area contributed by atoms with Crippen molar-refractivity contribution >= 4 is 11.7 Å². The predicted octanol–water partition coefficient (Wildman–Crippen LogP) is 2.33. The van der Waals surface area contributed by atoms with Gasteiger partial charge in [-0.3, -0.25) is 10.00 Å². The number of rotatable bonds is 3. The van der Waals surface area contributed by atoms with Crippen LogP contribution in [0.3, 0.4) is 0 Å². The molecule has 2 fully saturated rings. The number of hydrogen-bond donors (Lipinski definition) is 3. The molecule has 21 heavy (non-hydrogen) atoms. The zero-order chi connectivity index (χ0) is 14.5. The SMILES string of the molecule is O=C(Nc1cn[nH]c1)NC1CCCN(C2CCCCC2)C1. The Bertz CT molecular complexity index is 441. The van der Waals surface area contributed by atoms with E-state index < -0.39 is 0 Å². The van der Waals surface area contributed by atoms with Crippen molar-refractivity contribution in [2.24, 2.45) is 0 Å². The number of nitrogens with zero attached hydrogens (tertiary/aromatic N) is 2. The number of amides is 2. The third-order valence-corrected chi connectivity index (χ3v) is 4.64. The second kappa shape index (κ2) is 6.93. The van der Waals surface area contributed by atoms with E-state index in [4.69, 9.17) is 0 Å². The molecule has 1 saturated carbocycles. The quantitative estimate of drug-likeness (QED) is 0.800. The fourth-order valence-electron chi connectivity index (χ4n) is 3.57. The highest BCUT2D eigenvalue weighted by Gasteiger charge is 2.27. The van der Waals surface area contributed by atoms with Gasteiger partial charge >= 0.3 is 6.03 Å². The highest BCUT2D eigenvalue weighted by atomic mass is 16.2. The van der Waals surface area contributed by atoms with Gasteiger partial charge in [-0.15, -0.1) is 0 Å². The largest absolute Gasteiger partial charge is 0.334 e. The molecule has 0 aromatic carbocycles. The third kappa shape index (κ3) is 3.97. The molecule has 1 aromatic heterocycles. The summed E-state index contributed by atoms with van der Waals surface area (Å²) in [5.74, 6) is 0. The maximum Gasteiger partial charge on any atom is 0.319 e. The van der Waals surface area contributed by atoms with Crippen LogP contribution < -0.4 is 10.6 Å². The first-order valence-corrected chi connectivity index (χ1v) is 8.11. The summed E-state index contributed by atoms with van der Waals surface area (Å²) in [5.41, 5.74) is 0.701. The number of piperidine rings is 1. The number of hydrogen-bond acceptors (Lipinski definition) is 3. The van der Waals surface area contributed by atoms with Crippen molar-refractivity contribution in [1.82, 2.24) is 20.4 Å². The first kappa shape index (κ1) is 14.4. The summed E-state index contributed by atoms with van der Waals surface area (Å²) < 4.78 is 0. The number of H-pyrrole nitrogens is 1. The molecule has 2 heterocycles. The van der Waals surface area contributed by atoms with Gasteiger partial charge in [-0.25, -0.2) is 4.79 Å². The van der Waals surface area contributed by atoms with Crippen molar-refractivity contribution < 1.29 is 4.79 Å². The summed E-state index contributed by atoms with van der Waals surface area (Å²) in [6.07, 6.45) is 12.3. The minimum atomic E-state index is -0.133. The van der Waals surface area contributed by atoms with E-state index in [1.807, 2.05) is 0 Å². The van der Waals surface area contributed by atoms with Crippen molar-refractivity contribution in [1.29, 1.82) is 0 Å². The van der Waals surface area contributed by atoms with E-state index in [0.29, 0.717) is 5.69 Å². The van der Waals surface area contributed by atoms with Crippen molar-refractivity contribution in [3.8, 4) is 0 Å². The number of nitrogens with one attached hydrogen (secondary N) is 3. The molecule has 3 N–H and O–H groups in total. The number of carbonyl (C=O) groups excluding carboxylic acids is 1. The lowest BCUT2D eigenvalue weighted by Gasteiger charge is -2.40.